The summed E-state index contributed by atoms with van der Waals surface area (Å²) in [5.74, 6) is 0. The van der Waals surface area contributed by atoms with Crippen molar-refractivity contribution in [3.05, 3.63) is 102 Å². The third-order valence-corrected chi connectivity index (χ3v) is 6.22. The van der Waals surface area contributed by atoms with E-state index in [0.29, 0.717) is 5.02 Å². The molecule has 1 N–H and O–H groups in total. The Morgan fingerprint density at radius 1 is 0.833 bits per heavy atom. The van der Waals surface area contributed by atoms with Gasteiger partial charge in [-0.05, 0) is 65.2 Å². The van der Waals surface area contributed by atoms with Crippen LogP contribution in [0.5, 0.6) is 0 Å². The molecule has 7 heteroatoms. The number of nitrogens with one attached hydrogen (secondary N) is 1. The molecule has 0 spiro atoms. The van der Waals surface area contributed by atoms with Crippen LogP contribution in [-0.4, -0.2) is 18.4 Å². The summed E-state index contributed by atoms with van der Waals surface area (Å²) in [5, 5.41) is 0.632. The maximum absolute atomic E-state index is 12.8. The van der Waals surface area contributed by atoms with Crippen LogP contribution in [-0.2, 0) is 16.6 Å². The van der Waals surface area contributed by atoms with E-state index in [1.807, 2.05) is 36.4 Å². The van der Waals surface area contributed by atoms with Crippen molar-refractivity contribution in [3.8, 4) is 22.4 Å². The number of nitrogens with zero attached hydrogens (tertiary/aromatic N) is 2. The zero-order valence-corrected chi connectivity index (χ0v) is 17.4. The van der Waals surface area contributed by atoms with Crippen molar-refractivity contribution < 1.29 is 8.42 Å². The van der Waals surface area contributed by atoms with Gasteiger partial charge in [-0.1, -0.05) is 35.9 Å². The standard InChI is InChI=1S/C23H18ClN3O2S/c24-21-8-6-18(7-9-21)19-3-1-5-22(14-19)30(28,29)27-15-17-10-12-26-23(13-17)20-4-2-11-25-16-20/h1-14,16,27H,15H2. The van der Waals surface area contributed by atoms with Crippen molar-refractivity contribution in [1.29, 1.82) is 0 Å². The molecule has 0 amide bonds. The third-order valence-electron chi connectivity index (χ3n) is 4.57. The average Bonchev–Trinajstić information content (AvgIpc) is 2.79. The largest absolute Gasteiger partial charge is 0.264 e. The third kappa shape index (κ3) is 4.74. The first-order chi connectivity index (χ1) is 14.5. The van der Waals surface area contributed by atoms with Crippen molar-refractivity contribution in [1.82, 2.24) is 14.7 Å². The van der Waals surface area contributed by atoms with E-state index in [2.05, 4.69) is 14.7 Å². The van der Waals surface area contributed by atoms with Crippen LogP contribution >= 0.6 is 11.6 Å². The Morgan fingerprint density at radius 3 is 2.40 bits per heavy atom. The predicted octanol–water partition coefficient (Wildman–Crippen LogP) is 4.94. The fourth-order valence-electron chi connectivity index (χ4n) is 3.00. The SMILES string of the molecule is O=S(=O)(NCc1ccnc(-c2cccnc2)c1)c1cccc(-c2ccc(Cl)cc2)c1. The normalized spacial score (nSPS) is 11.4. The Kier molecular flexibility index (Phi) is 5.90. The first-order valence-electron chi connectivity index (χ1n) is 9.22. The highest BCUT2D eigenvalue weighted by Crippen LogP contribution is 2.24. The van der Waals surface area contributed by atoms with Gasteiger partial charge in [0.15, 0.2) is 0 Å². The summed E-state index contributed by atoms with van der Waals surface area (Å²) < 4.78 is 28.3. The fraction of sp³-hybridized carbons (Fsp3) is 0.0435. The maximum Gasteiger partial charge on any atom is 0.240 e. The number of benzene rings is 2. The van der Waals surface area contributed by atoms with Gasteiger partial charge in [0.05, 0.1) is 10.6 Å². The topological polar surface area (TPSA) is 72.0 Å². The number of rotatable bonds is 6. The van der Waals surface area contributed by atoms with Gasteiger partial charge in [-0.25, -0.2) is 13.1 Å². The monoisotopic (exact) mass is 435 g/mol. The van der Waals surface area contributed by atoms with Gasteiger partial charge in [-0.15, -0.1) is 0 Å². The van der Waals surface area contributed by atoms with Crippen molar-refractivity contribution in [2.45, 2.75) is 11.4 Å². The van der Waals surface area contributed by atoms with Crippen molar-refractivity contribution in [3.63, 3.8) is 0 Å². The average molecular weight is 436 g/mol. The van der Waals surface area contributed by atoms with E-state index in [4.69, 9.17) is 11.6 Å². The van der Waals surface area contributed by atoms with Gasteiger partial charge in [-0.3, -0.25) is 9.97 Å². The molecule has 2 aromatic heterocycles. The van der Waals surface area contributed by atoms with Crippen molar-refractivity contribution >= 4 is 21.6 Å². The minimum absolute atomic E-state index is 0.156. The summed E-state index contributed by atoms with van der Waals surface area (Å²) in [6.45, 7) is 0.156. The van der Waals surface area contributed by atoms with Gasteiger partial charge >= 0.3 is 0 Å². The summed E-state index contributed by atoms with van der Waals surface area (Å²) in [5.41, 5.74) is 4.12. The smallest absolute Gasteiger partial charge is 0.240 e. The van der Waals surface area contributed by atoms with E-state index in [9.17, 15) is 8.42 Å². The molecule has 0 radical (unpaired) electrons. The second-order valence-corrected chi connectivity index (χ2v) is 8.85. The van der Waals surface area contributed by atoms with E-state index in [-0.39, 0.29) is 11.4 Å². The van der Waals surface area contributed by atoms with Crippen LogP contribution in [0.3, 0.4) is 0 Å². The number of halogens is 1. The first-order valence-corrected chi connectivity index (χ1v) is 11.1. The molecule has 5 nitrogen and oxygen atoms in total. The predicted molar refractivity (Wildman–Crippen MR) is 118 cm³/mol. The molecule has 2 heterocycles. The number of aromatic nitrogens is 2. The van der Waals surface area contributed by atoms with Crippen LogP contribution in [0.15, 0.2) is 96.3 Å². The molecular weight excluding hydrogens is 418 g/mol. The zero-order valence-electron chi connectivity index (χ0n) is 15.9. The number of hydrogen-bond acceptors (Lipinski definition) is 4. The molecule has 0 aliphatic rings. The molecule has 150 valence electrons. The van der Waals surface area contributed by atoms with Gasteiger partial charge in [0.25, 0.3) is 0 Å². The van der Waals surface area contributed by atoms with Crippen LogP contribution in [0.25, 0.3) is 22.4 Å². The van der Waals surface area contributed by atoms with Gasteiger partial charge in [0.2, 0.25) is 10.0 Å². The first kappa shape index (κ1) is 20.2. The van der Waals surface area contributed by atoms with Crippen LogP contribution in [0.2, 0.25) is 5.02 Å². The Hall–Kier alpha value is -3.06. The second-order valence-electron chi connectivity index (χ2n) is 6.65. The quantitative estimate of drug-likeness (QED) is 0.465. The molecule has 0 fully saturated rings. The summed E-state index contributed by atoms with van der Waals surface area (Å²) in [6.07, 6.45) is 5.07. The Bertz CT molecular complexity index is 1260. The lowest BCUT2D eigenvalue weighted by Crippen LogP contribution is -2.23. The number of pyridine rings is 2. The summed E-state index contributed by atoms with van der Waals surface area (Å²) in [4.78, 5) is 8.64. The van der Waals surface area contributed by atoms with Gasteiger partial charge < -0.3 is 0 Å². The lowest BCUT2D eigenvalue weighted by Gasteiger charge is -2.10. The molecule has 2 aromatic carbocycles. The minimum Gasteiger partial charge on any atom is -0.264 e. The number of hydrogen-bond donors (Lipinski definition) is 1. The molecule has 0 aliphatic carbocycles. The fourth-order valence-corrected chi connectivity index (χ4v) is 4.19. The zero-order chi connectivity index (χ0) is 21.0. The maximum atomic E-state index is 12.8. The Balaban J connectivity index is 1.53. The van der Waals surface area contributed by atoms with E-state index < -0.39 is 10.0 Å². The van der Waals surface area contributed by atoms with Crippen LogP contribution in [0.1, 0.15) is 5.56 Å². The molecule has 4 aromatic rings. The summed E-state index contributed by atoms with van der Waals surface area (Å²) in [7, 11) is -3.68. The van der Waals surface area contributed by atoms with Gasteiger partial charge in [0.1, 0.15) is 0 Å². The van der Waals surface area contributed by atoms with E-state index in [1.165, 1.54) is 0 Å². The van der Waals surface area contributed by atoms with Crippen LogP contribution in [0.4, 0.5) is 0 Å². The number of sulfonamides is 1. The lowest BCUT2D eigenvalue weighted by atomic mass is 10.1. The molecule has 0 saturated heterocycles. The molecule has 0 saturated carbocycles. The molecule has 0 aliphatic heterocycles. The highest BCUT2D eigenvalue weighted by molar-refractivity contribution is 7.89. The van der Waals surface area contributed by atoms with Gasteiger partial charge in [0, 0.05) is 35.7 Å². The molecule has 0 atom stereocenters. The van der Waals surface area contributed by atoms with E-state index in [0.717, 1.165) is 27.9 Å². The summed E-state index contributed by atoms with van der Waals surface area (Å²) >= 11 is 5.94. The summed E-state index contributed by atoms with van der Waals surface area (Å²) in [6, 6.07) is 21.5. The Morgan fingerprint density at radius 2 is 1.63 bits per heavy atom. The Labute approximate surface area is 180 Å². The van der Waals surface area contributed by atoms with Crippen LogP contribution < -0.4 is 4.72 Å². The van der Waals surface area contributed by atoms with Crippen LogP contribution in [0, 0.1) is 0 Å². The molecular formula is C23H18ClN3O2S. The molecule has 0 unspecified atom stereocenters. The van der Waals surface area contributed by atoms with E-state index >= 15 is 0 Å². The molecule has 4 rings (SSSR count). The second kappa shape index (κ2) is 8.75. The van der Waals surface area contributed by atoms with E-state index in [1.54, 1.807) is 55.0 Å². The van der Waals surface area contributed by atoms with Crippen molar-refractivity contribution in [2.24, 2.45) is 0 Å². The molecule has 0 bridgehead atoms. The highest BCUT2D eigenvalue weighted by Gasteiger charge is 2.15. The lowest BCUT2D eigenvalue weighted by molar-refractivity contribution is 0.581. The van der Waals surface area contributed by atoms with Gasteiger partial charge in [-0.2, -0.15) is 0 Å². The highest BCUT2D eigenvalue weighted by atomic mass is 35.5. The minimum atomic E-state index is -3.68. The molecule has 30 heavy (non-hydrogen) atoms. The van der Waals surface area contributed by atoms with Crippen molar-refractivity contribution in [2.75, 3.05) is 0 Å².